The predicted octanol–water partition coefficient (Wildman–Crippen LogP) is -0.427. The van der Waals surface area contributed by atoms with Crippen molar-refractivity contribution in [2.24, 2.45) is 0 Å². The smallest absolute Gasteiger partial charge is 0.360 e. The van der Waals surface area contributed by atoms with E-state index < -0.39 is 19.1 Å². The first kappa shape index (κ1) is 8.46. The molecule has 1 atom stereocenters. The van der Waals surface area contributed by atoms with Gasteiger partial charge < -0.3 is 24.2 Å². The SMILES string of the molecule is CCCCC1(O)OB2OC1(O)O2. The highest BCUT2D eigenvalue weighted by Gasteiger charge is 2.74. The molecule has 68 valence electrons. The van der Waals surface area contributed by atoms with Gasteiger partial charge in [0.05, 0.1) is 0 Å². The molecule has 2 bridgehead atoms. The van der Waals surface area contributed by atoms with Crippen molar-refractivity contribution < 1.29 is 24.2 Å². The van der Waals surface area contributed by atoms with Crippen molar-refractivity contribution in [3.63, 3.8) is 0 Å². The second kappa shape index (κ2) is 2.43. The standard InChI is InChI=1S/C6H11BO5/c1-2-3-4-5(8)6(9)11-7(10-5)12-6/h8-9H,2-4H2,1H3. The Morgan fingerprint density at radius 3 is 2.33 bits per heavy atom. The summed E-state index contributed by atoms with van der Waals surface area (Å²) in [5.41, 5.74) is 0. The molecule has 3 fully saturated rings. The molecule has 0 saturated carbocycles. The number of rotatable bonds is 3. The van der Waals surface area contributed by atoms with Crippen molar-refractivity contribution in [3.05, 3.63) is 0 Å². The number of hydrogen-bond donors (Lipinski definition) is 2. The highest BCUT2D eigenvalue weighted by Crippen LogP contribution is 2.47. The molecule has 0 aromatic rings. The fourth-order valence-electron chi connectivity index (χ4n) is 1.37. The van der Waals surface area contributed by atoms with Crippen LogP contribution < -0.4 is 0 Å². The van der Waals surface area contributed by atoms with Gasteiger partial charge in [-0.1, -0.05) is 13.3 Å². The Morgan fingerprint density at radius 1 is 1.25 bits per heavy atom. The number of hydrogen-bond acceptors (Lipinski definition) is 5. The van der Waals surface area contributed by atoms with Crippen molar-refractivity contribution in [2.75, 3.05) is 0 Å². The molecule has 6 heteroatoms. The second-order valence-electron chi connectivity index (χ2n) is 3.11. The predicted molar refractivity (Wildman–Crippen MR) is 38.4 cm³/mol. The second-order valence-corrected chi connectivity index (χ2v) is 3.11. The van der Waals surface area contributed by atoms with Crippen molar-refractivity contribution in [2.45, 2.75) is 37.9 Å². The molecule has 0 radical (unpaired) electrons. The van der Waals surface area contributed by atoms with Crippen molar-refractivity contribution >= 4 is 7.32 Å². The zero-order valence-electron chi connectivity index (χ0n) is 6.82. The van der Waals surface area contributed by atoms with Gasteiger partial charge in [-0.3, -0.25) is 0 Å². The molecule has 0 amide bonds. The molecular formula is C6H11BO5. The van der Waals surface area contributed by atoms with Gasteiger partial charge in [0, 0.05) is 6.42 Å². The monoisotopic (exact) mass is 174 g/mol. The fourth-order valence-corrected chi connectivity index (χ4v) is 1.37. The van der Waals surface area contributed by atoms with Crippen LogP contribution in [0, 0.1) is 0 Å². The van der Waals surface area contributed by atoms with Gasteiger partial charge in [0.25, 0.3) is 0 Å². The summed E-state index contributed by atoms with van der Waals surface area (Å²) in [4.78, 5) is 0. The number of aliphatic hydroxyl groups is 2. The molecule has 3 rings (SSSR count). The molecular weight excluding hydrogens is 163 g/mol. The van der Waals surface area contributed by atoms with Crippen molar-refractivity contribution in [1.29, 1.82) is 0 Å². The molecule has 0 spiro atoms. The van der Waals surface area contributed by atoms with Gasteiger partial charge in [-0.2, -0.15) is 0 Å². The molecule has 3 aliphatic heterocycles. The maximum Gasteiger partial charge on any atom is 0.649 e. The Labute approximate surface area is 70.4 Å². The minimum atomic E-state index is -1.92. The average molecular weight is 174 g/mol. The van der Waals surface area contributed by atoms with E-state index in [-0.39, 0.29) is 0 Å². The zero-order chi connectivity index (χ0) is 8.82. The molecule has 0 aromatic carbocycles. The van der Waals surface area contributed by atoms with E-state index in [1.165, 1.54) is 0 Å². The molecule has 0 aromatic heterocycles. The largest absolute Gasteiger partial charge is 0.649 e. The van der Waals surface area contributed by atoms with Crippen LogP contribution in [0.5, 0.6) is 0 Å². The van der Waals surface area contributed by atoms with Crippen LogP contribution in [0.4, 0.5) is 0 Å². The van der Waals surface area contributed by atoms with Crippen molar-refractivity contribution in [3.8, 4) is 0 Å². The van der Waals surface area contributed by atoms with E-state index in [9.17, 15) is 10.2 Å². The lowest BCUT2D eigenvalue weighted by atomic mass is 10.1. The summed E-state index contributed by atoms with van der Waals surface area (Å²) in [5.74, 6) is -3.60. The van der Waals surface area contributed by atoms with Crippen LogP contribution in [0.1, 0.15) is 26.2 Å². The van der Waals surface area contributed by atoms with Gasteiger partial charge in [0.15, 0.2) is 0 Å². The molecule has 12 heavy (non-hydrogen) atoms. The zero-order valence-corrected chi connectivity index (χ0v) is 6.82. The molecule has 3 aliphatic rings. The highest BCUT2D eigenvalue weighted by atomic mass is 17.0. The maximum atomic E-state index is 9.67. The van der Waals surface area contributed by atoms with Crippen LogP contribution in [-0.4, -0.2) is 29.3 Å². The van der Waals surface area contributed by atoms with Crippen molar-refractivity contribution in [1.82, 2.24) is 0 Å². The highest BCUT2D eigenvalue weighted by molar-refractivity contribution is 6.40. The maximum absolute atomic E-state index is 9.67. The van der Waals surface area contributed by atoms with E-state index in [0.717, 1.165) is 12.8 Å². The summed E-state index contributed by atoms with van der Waals surface area (Å²) in [6, 6.07) is 0. The first-order valence-corrected chi connectivity index (χ1v) is 4.08. The third kappa shape index (κ3) is 0.930. The molecule has 2 N–H and O–H groups in total. The molecule has 5 nitrogen and oxygen atoms in total. The Bertz CT molecular complexity index is 192. The first-order chi connectivity index (χ1) is 5.60. The lowest BCUT2D eigenvalue weighted by Crippen LogP contribution is -2.57. The van der Waals surface area contributed by atoms with E-state index in [2.05, 4.69) is 0 Å². The lowest BCUT2D eigenvalue weighted by molar-refractivity contribution is -0.401. The van der Waals surface area contributed by atoms with Crippen LogP contribution in [0.25, 0.3) is 0 Å². The lowest BCUT2D eigenvalue weighted by Gasteiger charge is -2.35. The summed E-state index contributed by atoms with van der Waals surface area (Å²) in [5, 5.41) is 19.1. The fraction of sp³-hybridized carbons (Fsp3) is 1.00. The van der Waals surface area contributed by atoms with E-state index in [0.29, 0.717) is 6.42 Å². The van der Waals surface area contributed by atoms with E-state index >= 15 is 0 Å². The van der Waals surface area contributed by atoms with Crippen LogP contribution >= 0.6 is 0 Å². The van der Waals surface area contributed by atoms with Gasteiger partial charge in [-0.25, -0.2) is 0 Å². The Balaban J connectivity index is 2.01. The Hall–Kier alpha value is -0.135. The summed E-state index contributed by atoms with van der Waals surface area (Å²) < 4.78 is 14.3. The van der Waals surface area contributed by atoms with Gasteiger partial charge in [-0.15, -0.1) is 0 Å². The molecule has 3 heterocycles. The minimum absolute atomic E-state index is 0.316. The summed E-state index contributed by atoms with van der Waals surface area (Å²) in [6.07, 6.45) is 1.97. The number of fused-ring (bicyclic) bond motifs is 1. The third-order valence-corrected chi connectivity index (χ3v) is 2.17. The summed E-state index contributed by atoms with van der Waals surface area (Å²) in [7, 11) is -0.892. The summed E-state index contributed by atoms with van der Waals surface area (Å²) in [6.45, 7) is 1.98. The van der Waals surface area contributed by atoms with E-state index in [4.69, 9.17) is 14.0 Å². The van der Waals surface area contributed by atoms with Gasteiger partial charge in [0.1, 0.15) is 0 Å². The molecule has 3 saturated heterocycles. The van der Waals surface area contributed by atoms with Crippen LogP contribution in [0.3, 0.4) is 0 Å². The quantitative estimate of drug-likeness (QED) is 0.568. The average Bonchev–Trinajstić information content (AvgIpc) is 2.33. The van der Waals surface area contributed by atoms with Crippen LogP contribution in [0.2, 0.25) is 0 Å². The molecule has 1 unspecified atom stereocenters. The third-order valence-electron chi connectivity index (χ3n) is 2.17. The topological polar surface area (TPSA) is 68.2 Å². The first-order valence-electron chi connectivity index (χ1n) is 4.08. The molecule has 0 aliphatic carbocycles. The Kier molecular flexibility index (Phi) is 1.71. The van der Waals surface area contributed by atoms with Crippen LogP contribution in [-0.2, 0) is 14.0 Å². The summed E-state index contributed by atoms with van der Waals surface area (Å²) >= 11 is 0. The van der Waals surface area contributed by atoms with Crippen LogP contribution in [0.15, 0.2) is 0 Å². The minimum Gasteiger partial charge on any atom is -0.360 e. The normalized spacial score (nSPS) is 44.8. The van der Waals surface area contributed by atoms with Gasteiger partial charge >= 0.3 is 13.3 Å². The van der Waals surface area contributed by atoms with Gasteiger partial charge in [-0.05, 0) is 6.42 Å². The van der Waals surface area contributed by atoms with E-state index in [1.807, 2.05) is 6.92 Å². The van der Waals surface area contributed by atoms with E-state index in [1.54, 1.807) is 0 Å². The number of unbranched alkanes of at least 4 members (excludes halogenated alkanes) is 1. The Morgan fingerprint density at radius 2 is 1.92 bits per heavy atom. The van der Waals surface area contributed by atoms with Gasteiger partial charge in [0.2, 0.25) is 5.79 Å².